The van der Waals surface area contributed by atoms with Crippen molar-refractivity contribution in [2.45, 2.75) is 40.7 Å². The van der Waals surface area contributed by atoms with Crippen molar-refractivity contribution >= 4 is 17.8 Å². The average Bonchev–Trinajstić information content (AvgIpc) is 2.89. The number of aryl methyl sites for hydroxylation is 2. The first-order chi connectivity index (χ1) is 12.9. The summed E-state index contributed by atoms with van der Waals surface area (Å²) in [4.78, 5) is 19.9. The smallest absolute Gasteiger partial charge is 0.240 e. The summed E-state index contributed by atoms with van der Waals surface area (Å²) < 4.78 is 0. The van der Waals surface area contributed by atoms with E-state index in [2.05, 4.69) is 24.2 Å². The highest BCUT2D eigenvalue weighted by Gasteiger charge is 2.36. The standard InChI is InChI=1S/C23H26N2O2/c1-17-14-18(2)21(25-13-11-23(3,4)22(25)26)20(15-17)10-12-24-27-16-19-8-6-5-7-9-19/h5-9,11-15H,10,16H2,1-4H3/b24-12+. The molecule has 0 aliphatic carbocycles. The summed E-state index contributed by atoms with van der Waals surface area (Å²) >= 11 is 0. The monoisotopic (exact) mass is 362 g/mol. The van der Waals surface area contributed by atoms with Crippen LogP contribution in [-0.4, -0.2) is 12.1 Å². The van der Waals surface area contributed by atoms with E-state index >= 15 is 0 Å². The molecule has 1 aliphatic rings. The maximum atomic E-state index is 12.8. The van der Waals surface area contributed by atoms with Crippen molar-refractivity contribution in [3.05, 3.63) is 77.0 Å². The van der Waals surface area contributed by atoms with E-state index in [9.17, 15) is 4.79 Å². The Balaban J connectivity index is 1.74. The summed E-state index contributed by atoms with van der Waals surface area (Å²) in [5.41, 5.74) is 4.87. The second kappa shape index (κ2) is 7.78. The zero-order valence-corrected chi connectivity index (χ0v) is 16.4. The Morgan fingerprint density at radius 2 is 1.89 bits per heavy atom. The number of carbonyl (C=O) groups excluding carboxylic acids is 1. The van der Waals surface area contributed by atoms with Crippen molar-refractivity contribution in [2.75, 3.05) is 4.90 Å². The van der Waals surface area contributed by atoms with Crippen LogP contribution in [0.4, 0.5) is 5.69 Å². The molecule has 0 fully saturated rings. The van der Waals surface area contributed by atoms with Gasteiger partial charge in [0.1, 0.15) is 6.61 Å². The SMILES string of the molecule is Cc1cc(C)c(N2C=CC(C)(C)C2=O)c(C/C=N/OCc2ccccc2)c1. The van der Waals surface area contributed by atoms with Crippen LogP contribution in [-0.2, 0) is 22.7 Å². The van der Waals surface area contributed by atoms with E-state index in [4.69, 9.17) is 4.84 Å². The van der Waals surface area contributed by atoms with Crippen molar-refractivity contribution in [3.8, 4) is 0 Å². The molecule has 1 amide bonds. The van der Waals surface area contributed by atoms with Gasteiger partial charge in [-0.2, -0.15) is 0 Å². The van der Waals surface area contributed by atoms with Crippen molar-refractivity contribution in [1.29, 1.82) is 0 Å². The third-order valence-corrected chi connectivity index (χ3v) is 4.71. The molecule has 2 aromatic carbocycles. The molecule has 2 aromatic rings. The molecule has 0 bridgehead atoms. The number of nitrogens with zero attached hydrogens (tertiary/aromatic N) is 2. The van der Waals surface area contributed by atoms with E-state index < -0.39 is 5.41 Å². The first-order valence-electron chi connectivity index (χ1n) is 9.19. The molecular formula is C23H26N2O2. The minimum absolute atomic E-state index is 0.0907. The molecule has 4 nitrogen and oxygen atoms in total. The van der Waals surface area contributed by atoms with Gasteiger partial charge in [-0.25, -0.2) is 0 Å². The fourth-order valence-electron chi connectivity index (χ4n) is 3.31. The lowest BCUT2D eigenvalue weighted by Gasteiger charge is -2.24. The number of hydrogen-bond acceptors (Lipinski definition) is 3. The van der Waals surface area contributed by atoms with Gasteiger partial charge in [0.15, 0.2) is 0 Å². The normalized spacial score (nSPS) is 15.7. The third-order valence-electron chi connectivity index (χ3n) is 4.71. The maximum absolute atomic E-state index is 12.8. The molecule has 1 aliphatic heterocycles. The predicted molar refractivity (Wildman–Crippen MR) is 110 cm³/mol. The Morgan fingerprint density at radius 1 is 1.15 bits per heavy atom. The lowest BCUT2D eigenvalue weighted by molar-refractivity contribution is -0.122. The van der Waals surface area contributed by atoms with E-state index in [-0.39, 0.29) is 5.91 Å². The Labute approximate surface area is 161 Å². The van der Waals surface area contributed by atoms with Crippen LogP contribution in [0.1, 0.15) is 36.1 Å². The van der Waals surface area contributed by atoms with Crippen LogP contribution in [0, 0.1) is 19.3 Å². The Morgan fingerprint density at radius 3 is 2.56 bits per heavy atom. The molecule has 0 saturated carbocycles. The summed E-state index contributed by atoms with van der Waals surface area (Å²) in [6.45, 7) is 8.43. The van der Waals surface area contributed by atoms with Crippen molar-refractivity contribution < 1.29 is 9.63 Å². The molecule has 0 N–H and O–H groups in total. The number of hydrogen-bond donors (Lipinski definition) is 0. The number of oxime groups is 1. The molecule has 0 radical (unpaired) electrons. The van der Waals surface area contributed by atoms with Crippen LogP contribution < -0.4 is 4.90 Å². The Bertz CT molecular complexity index is 883. The summed E-state index contributed by atoms with van der Waals surface area (Å²) in [6.07, 6.45) is 6.20. The zero-order chi connectivity index (χ0) is 19.4. The molecule has 140 valence electrons. The fraction of sp³-hybridized carbons (Fsp3) is 0.304. The minimum Gasteiger partial charge on any atom is -0.391 e. The second-order valence-corrected chi connectivity index (χ2v) is 7.55. The molecule has 0 atom stereocenters. The highest BCUT2D eigenvalue weighted by Crippen LogP contribution is 2.35. The first kappa shape index (κ1) is 18.9. The third kappa shape index (κ3) is 4.27. The number of amides is 1. The van der Waals surface area contributed by atoms with Crippen LogP contribution in [0.5, 0.6) is 0 Å². The topological polar surface area (TPSA) is 41.9 Å². The van der Waals surface area contributed by atoms with Gasteiger partial charge in [0, 0.05) is 18.8 Å². The number of carbonyl (C=O) groups is 1. The van der Waals surface area contributed by atoms with Gasteiger partial charge in [-0.3, -0.25) is 9.69 Å². The molecule has 4 heteroatoms. The van der Waals surface area contributed by atoms with Crippen molar-refractivity contribution in [2.24, 2.45) is 10.6 Å². The van der Waals surface area contributed by atoms with Gasteiger partial charge in [-0.05, 0) is 44.4 Å². The largest absolute Gasteiger partial charge is 0.391 e. The Kier molecular flexibility index (Phi) is 5.45. The van der Waals surface area contributed by atoms with E-state index in [0.29, 0.717) is 13.0 Å². The van der Waals surface area contributed by atoms with Gasteiger partial charge < -0.3 is 4.84 Å². The van der Waals surface area contributed by atoms with Crippen LogP contribution in [0.25, 0.3) is 0 Å². The summed E-state index contributed by atoms with van der Waals surface area (Å²) in [7, 11) is 0. The van der Waals surface area contributed by atoms with Gasteiger partial charge in [0.05, 0.1) is 11.1 Å². The summed E-state index contributed by atoms with van der Waals surface area (Å²) in [6, 6.07) is 14.2. The molecular weight excluding hydrogens is 336 g/mol. The van der Waals surface area contributed by atoms with Crippen molar-refractivity contribution in [1.82, 2.24) is 0 Å². The van der Waals surface area contributed by atoms with Gasteiger partial charge >= 0.3 is 0 Å². The molecule has 0 aromatic heterocycles. The second-order valence-electron chi connectivity index (χ2n) is 7.55. The van der Waals surface area contributed by atoms with Crippen LogP contribution in [0.2, 0.25) is 0 Å². The van der Waals surface area contributed by atoms with E-state index in [1.54, 1.807) is 11.1 Å². The Hall–Kier alpha value is -2.88. The van der Waals surface area contributed by atoms with Crippen LogP contribution in [0.15, 0.2) is 59.9 Å². The first-order valence-corrected chi connectivity index (χ1v) is 9.19. The van der Waals surface area contributed by atoms with Crippen LogP contribution in [0.3, 0.4) is 0 Å². The van der Waals surface area contributed by atoms with E-state index in [1.807, 2.05) is 63.4 Å². The molecule has 27 heavy (non-hydrogen) atoms. The zero-order valence-electron chi connectivity index (χ0n) is 16.4. The van der Waals surface area contributed by atoms with Gasteiger partial charge in [0.25, 0.3) is 0 Å². The predicted octanol–water partition coefficient (Wildman–Crippen LogP) is 4.94. The number of benzene rings is 2. The fourth-order valence-corrected chi connectivity index (χ4v) is 3.31. The van der Waals surface area contributed by atoms with Gasteiger partial charge in [-0.15, -0.1) is 0 Å². The van der Waals surface area contributed by atoms with Gasteiger partial charge in [-0.1, -0.05) is 59.3 Å². The maximum Gasteiger partial charge on any atom is 0.240 e. The summed E-state index contributed by atoms with van der Waals surface area (Å²) in [5.74, 6) is 0.0907. The molecule has 1 heterocycles. The lowest BCUT2D eigenvalue weighted by atomic mass is 9.94. The molecule has 0 spiro atoms. The lowest BCUT2D eigenvalue weighted by Crippen LogP contribution is -2.31. The minimum atomic E-state index is -0.471. The van der Waals surface area contributed by atoms with E-state index in [0.717, 1.165) is 22.4 Å². The van der Waals surface area contributed by atoms with Crippen LogP contribution >= 0.6 is 0 Å². The summed E-state index contributed by atoms with van der Waals surface area (Å²) in [5, 5.41) is 4.09. The average molecular weight is 362 g/mol. The highest BCUT2D eigenvalue weighted by molar-refractivity contribution is 6.04. The number of anilines is 1. The van der Waals surface area contributed by atoms with E-state index in [1.165, 1.54) is 5.56 Å². The van der Waals surface area contributed by atoms with Gasteiger partial charge in [0.2, 0.25) is 5.91 Å². The van der Waals surface area contributed by atoms with Crippen molar-refractivity contribution in [3.63, 3.8) is 0 Å². The number of rotatable bonds is 6. The molecule has 0 saturated heterocycles. The molecule has 3 rings (SSSR count). The quantitative estimate of drug-likeness (QED) is 0.540. The molecule has 0 unspecified atom stereocenters. The highest BCUT2D eigenvalue weighted by atomic mass is 16.6.